The molecule has 0 aromatic carbocycles. The van der Waals surface area contributed by atoms with Gasteiger partial charge in [0, 0.05) is 0 Å². The quantitative estimate of drug-likeness (QED) is 0.582. The van der Waals surface area contributed by atoms with Crippen molar-refractivity contribution in [2.45, 2.75) is 51.1 Å². The molecule has 0 heterocycles. The molecule has 84 valence electrons. The molecule has 0 N–H and O–H groups in total. The van der Waals surface area contributed by atoms with Gasteiger partial charge in [0.05, 0.1) is 0 Å². The van der Waals surface area contributed by atoms with Crippen molar-refractivity contribution >= 4 is 9.24 Å². The highest BCUT2D eigenvalue weighted by Crippen LogP contribution is 2.39. The average molecular weight is 226 g/mol. The lowest BCUT2D eigenvalue weighted by Gasteiger charge is -2.29. The molecule has 1 saturated carbocycles. The molecular formula is C13H20FP. The van der Waals surface area contributed by atoms with E-state index in [2.05, 4.69) is 9.24 Å². The van der Waals surface area contributed by atoms with E-state index >= 15 is 0 Å². The Labute approximate surface area is 94.2 Å². The van der Waals surface area contributed by atoms with Gasteiger partial charge in [0.2, 0.25) is 0 Å². The first-order chi connectivity index (χ1) is 7.16. The van der Waals surface area contributed by atoms with Gasteiger partial charge in [0.1, 0.15) is 5.83 Å². The van der Waals surface area contributed by atoms with Crippen LogP contribution < -0.4 is 0 Å². The summed E-state index contributed by atoms with van der Waals surface area (Å²) in [5.74, 6) is 0.608. The second kappa shape index (κ2) is 4.78. The highest BCUT2D eigenvalue weighted by atomic mass is 31.0. The van der Waals surface area contributed by atoms with E-state index in [0.29, 0.717) is 5.92 Å². The van der Waals surface area contributed by atoms with Gasteiger partial charge in [-0.25, -0.2) is 4.39 Å². The molecule has 2 aliphatic carbocycles. The zero-order valence-corrected chi connectivity index (χ0v) is 10.6. The Morgan fingerprint density at radius 1 is 1.20 bits per heavy atom. The van der Waals surface area contributed by atoms with Crippen molar-refractivity contribution in [2.24, 2.45) is 5.92 Å². The van der Waals surface area contributed by atoms with Gasteiger partial charge in [-0.2, -0.15) is 0 Å². The van der Waals surface area contributed by atoms with E-state index in [0.717, 1.165) is 24.1 Å². The van der Waals surface area contributed by atoms with Gasteiger partial charge in [-0.05, 0) is 68.7 Å². The fourth-order valence-electron chi connectivity index (χ4n) is 2.70. The van der Waals surface area contributed by atoms with Crippen LogP contribution in [0.5, 0.6) is 0 Å². The van der Waals surface area contributed by atoms with Crippen molar-refractivity contribution in [3.8, 4) is 0 Å². The van der Waals surface area contributed by atoms with Crippen LogP contribution in [-0.4, -0.2) is 5.66 Å². The van der Waals surface area contributed by atoms with E-state index in [9.17, 15) is 4.39 Å². The molecule has 0 bridgehead atoms. The molecule has 0 spiro atoms. The summed E-state index contributed by atoms with van der Waals surface area (Å²) < 4.78 is 13.8. The Morgan fingerprint density at radius 3 is 2.47 bits per heavy atom. The number of allylic oxidation sites excluding steroid dienone is 4. The smallest absolute Gasteiger partial charge is 0.122 e. The Hall–Kier alpha value is -0.160. The maximum absolute atomic E-state index is 13.8. The van der Waals surface area contributed by atoms with Crippen LogP contribution in [0.25, 0.3) is 0 Å². The van der Waals surface area contributed by atoms with Gasteiger partial charge in [0.25, 0.3) is 0 Å². The molecular weight excluding hydrogens is 206 g/mol. The van der Waals surface area contributed by atoms with E-state index in [1.165, 1.54) is 31.3 Å². The van der Waals surface area contributed by atoms with Crippen molar-refractivity contribution in [3.05, 3.63) is 23.0 Å². The number of hydrogen-bond acceptors (Lipinski definition) is 0. The van der Waals surface area contributed by atoms with E-state index < -0.39 is 0 Å². The van der Waals surface area contributed by atoms with Crippen LogP contribution in [0.4, 0.5) is 4.39 Å². The van der Waals surface area contributed by atoms with Crippen LogP contribution in [-0.2, 0) is 0 Å². The third kappa shape index (κ3) is 2.69. The highest BCUT2D eigenvalue weighted by Gasteiger charge is 2.25. The van der Waals surface area contributed by atoms with Crippen molar-refractivity contribution in [2.75, 3.05) is 0 Å². The zero-order valence-electron chi connectivity index (χ0n) is 9.43. The van der Waals surface area contributed by atoms with Gasteiger partial charge in [-0.3, -0.25) is 0 Å². The number of halogens is 1. The summed E-state index contributed by atoms with van der Waals surface area (Å²) in [6.45, 7) is 2.02. The summed E-state index contributed by atoms with van der Waals surface area (Å²) in [6, 6.07) is 0. The first-order valence-corrected chi connectivity index (χ1v) is 6.65. The lowest BCUT2D eigenvalue weighted by atomic mass is 9.79. The Balaban J connectivity index is 2.07. The molecule has 15 heavy (non-hydrogen) atoms. The van der Waals surface area contributed by atoms with E-state index in [-0.39, 0.29) is 5.83 Å². The summed E-state index contributed by atoms with van der Waals surface area (Å²) in [6.07, 6.45) is 8.62. The van der Waals surface area contributed by atoms with Crippen LogP contribution in [0.2, 0.25) is 0 Å². The molecule has 2 heteroatoms. The van der Waals surface area contributed by atoms with Crippen molar-refractivity contribution < 1.29 is 4.39 Å². The molecule has 0 aliphatic heterocycles. The summed E-state index contributed by atoms with van der Waals surface area (Å²) in [4.78, 5) is 0. The number of hydrogen-bond donors (Lipinski definition) is 0. The molecule has 2 rings (SSSR count). The van der Waals surface area contributed by atoms with Crippen LogP contribution in [0.3, 0.4) is 0 Å². The molecule has 1 fully saturated rings. The van der Waals surface area contributed by atoms with E-state index in [1.807, 2.05) is 6.92 Å². The predicted molar refractivity (Wildman–Crippen MR) is 66.6 cm³/mol. The fraction of sp³-hybridized carbons (Fsp3) is 0.692. The zero-order chi connectivity index (χ0) is 10.8. The van der Waals surface area contributed by atoms with Crippen LogP contribution >= 0.6 is 9.24 Å². The minimum absolute atomic E-state index is 0.0750. The molecule has 1 atom stereocenters. The molecule has 0 radical (unpaired) electrons. The topological polar surface area (TPSA) is 0 Å². The average Bonchev–Trinajstić information content (AvgIpc) is 2.20. The monoisotopic (exact) mass is 226 g/mol. The standard InChI is InChI=1S/C13H20FP/c1-9-2-7-12(13(14)8-9)10-3-5-11(15)6-4-10/h8,10-11H,2-7,15H2,1H3. The molecule has 0 nitrogen and oxygen atoms in total. The lowest BCUT2D eigenvalue weighted by molar-refractivity contribution is 0.390. The summed E-state index contributed by atoms with van der Waals surface area (Å²) in [5.41, 5.74) is 3.07. The third-order valence-electron chi connectivity index (χ3n) is 3.73. The van der Waals surface area contributed by atoms with Crippen LogP contribution in [0.15, 0.2) is 23.0 Å². The first kappa shape index (κ1) is 11.3. The van der Waals surface area contributed by atoms with Crippen LogP contribution in [0, 0.1) is 5.92 Å². The molecule has 0 saturated heterocycles. The summed E-state index contributed by atoms with van der Waals surface area (Å²) in [5, 5.41) is 0. The van der Waals surface area contributed by atoms with Crippen LogP contribution in [0.1, 0.15) is 45.4 Å². The Bertz CT molecular complexity index is 296. The van der Waals surface area contributed by atoms with Gasteiger partial charge in [-0.1, -0.05) is 5.57 Å². The second-order valence-electron chi connectivity index (χ2n) is 4.98. The Morgan fingerprint density at radius 2 is 1.87 bits per heavy atom. The predicted octanol–water partition coefficient (Wildman–Crippen LogP) is 4.38. The maximum atomic E-state index is 13.8. The SMILES string of the molecule is CC1=CC(F)=C(C2CCC(P)CC2)CC1. The second-order valence-corrected chi connectivity index (χ2v) is 5.92. The lowest BCUT2D eigenvalue weighted by Crippen LogP contribution is -2.17. The number of rotatable bonds is 1. The molecule has 0 amide bonds. The van der Waals surface area contributed by atoms with Gasteiger partial charge < -0.3 is 0 Å². The van der Waals surface area contributed by atoms with Gasteiger partial charge >= 0.3 is 0 Å². The molecule has 0 aromatic heterocycles. The minimum Gasteiger partial charge on any atom is -0.207 e. The van der Waals surface area contributed by atoms with Gasteiger partial charge in [-0.15, -0.1) is 9.24 Å². The Kier molecular flexibility index (Phi) is 3.61. The molecule has 2 aliphatic rings. The largest absolute Gasteiger partial charge is 0.207 e. The van der Waals surface area contributed by atoms with E-state index in [4.69, 9.17) is 0 Å². The van der Waals surface area contributed by atoms with Gasteiger partial charge in [0.15, 0.2) is 0 Å². The van der Waals surface area contributed by atoms with Crippen molar-refractivity contribution in [1.82, 2.24) is 0 Å². The summed E-state index contributed by atoms with van der Waals surface area (Å²) in [7, 11) is 2.90. The minimum atomic E-state index is 0.0750. The third-order valence-corrected chi connectivity index (χ3v) is 4.40. The van der Waals surface area contributed by atoms with E-state index in [1.54, 1.807) is 6.08 Å². The highest BCUT2D eigenvalue weighted by molar-refractivity contribution is 7.17. The summed E-state index contributed by atoms with van der Waals surface area (Å²) >= 11 is 0. The van der Waals surface area contributed by atoms with Crippen molar-refractivity contribution in [1.29, 1.82) is 0 Å². The fourth-order valence-corrected chi connectivity index (χ4v) is 3.08. The normalized spacial score (nSPS) is 32.9. The van der Waals surface area contributed by atoms with Crippen molar-refractivity contribution in [3.63, 3.8) is 0 Å². The molecule has 1 unspecified atom stereocenters. The first-order valence-electron chi connectivity index (χ1n) is 5.98. The molecule has 0 aromatic rings. The maximum Gasteiger partial charge on any atom is 0.122 e.